The lowest BCUT2D eigenvalue weighted by Crippen LogP contribution is -2.32. The van der Waals surface area contributed by atoms with Gasteiger partial charge in [0.1, 0.15) is 0 Å². The zero-order valence-corrected chi connectivity index (χ0v) is 12.1. The molecule has 0 atom stereocenters. The fraction of sp³-hybridized carbons (Fsp3) is 0.385. The van der Waals surface area contributed by atoms with Crippen molar-refractivity contribution in [2.24, 2.45) is 0 Å². The molecule has 1 saturated heterocycles. The summed E-state index contributed by atoms with van der Waals surface area (Å²) in [6.45, 7) is 2.66. The van der Waals surface area contributed by atoms with Gasteiger partial charge in [-0.25, -0.2) is 8.42 Å². The summed E-state index contributed by atoms with van der Waals surface area (Å²) in [4.78, 5) is 0. The van der Waals surface area contributed by atoms with Crippen molar-refractivity contribution in [3.63, 3.8) is 0 Å². The van der Waals surface area contributed by atoms with Gasteiger partial charge in [-0.15, -0.1) is 0 Å². The Balaban J connectivity index is 2.09. The molecule has 4 nitrogen and oxygen atoms in total. The number of hydrogen-bond acceptors (Lipinski definition) is 3. The fourth-order valence-corrected chi connectivity index (χ4v) is 3.26. The molecule has 0 unspecified atom stereocenters. The summed E-state index contributed by atoms with van der Waals surface area (Å²) < 4.78 is 25.8. The Morgan fingerprint density at radius 3 is 2.63 bits per heavy atom. The van der Waals surface area contributed by atoms with Crippen molar-refractivity contribution in [2.75, 3.05) is 26.2 Å². The molecule has 1 heterocycles. The molecule has 0 aliphatic carbocycles. The monoisotopic (exact) mass is 300 g/mol. The second-order valence-electron chi connectivity index (χ2n) is 4.40. The van der Waals surface area contributed by atoms with E-state index in [1.54, 1.807) is 30.3 Å². The lowest BCUT2D eigenvalue weighted by atomic mass is 10.2. The fourth-order valence-electron chi connectivity index (χ4n) is 1.90. The smallest absolute Gasteiger partial charge is 0.236 e. The van der Waals surface area contributed by atoms with Gasteiger partial charge in [0.2, 0.25) is 10.0 Å². The van der Waals surface area contributed by atoms with Crippen molar-refractivity contribution in [1.29, 1.82) is 0 Å². The van der Waals surface area contributed by atoms with E-state index < -0.39 is 10.0 Å². The second-order valence-corrected chi connectivity index (χ2v) is 6.66. The van der Waals surface area contributed by atoms with Gasteiger partial charge in [-0.3, -0.25) is 0 Å². The van der Waals surface area contributed by atoms with Gasteiger partial charge in [-0.2, -0.15) is 4.31 Å². The third-order valence-corrected chi connectivity index (χ3v) is 4.78. The zero-order chi connectivity index (χ0) is 13.7. The first-order valence-electron chi connectivity index (χ1n) is 6.22. The first-order valence-corrected chi connectivity index (χ1v) is 8.10. The van der Waals surface area contributed by atoms with Gasteiger partial charge in [0, 0.05) is 30.1 Å². The van der Waals surface area contributed by atoms with E-state index in [9.17, 15) is 8.42 Å². The van der Waals surface area contributed by atoms with Crippen LogP contribution in [0.5, 0.6) is 0 Å². The lowest BCUT2D eigenvalue weighted by Gasteiger charge is -2.16. The Labute approximate surface area is 119 Å². The average molecular weight is 301 g/mol. The van der Waals surface area contributed by atoms with Crippen LogP contribution >= 0.6 is 11.6 Å². The van der Waals surface area contributed by atoms with Gasteiger partial charge < -0.3 is 5.32 Å². The van der Waals surface area contributed by atoms with Crippen LogP contribution in [0.15, 0.2) is 29.7 Å². The first kappa shape index (κ1) is 14.5. The van der Waals surface area contributed by atoms with E-state index in [2.05, 4.69) is 5.32 Å². The molecular formula is C13H17ClN2O2S. The summed E-state index contributed by atoms with van der Waals surface area (Å²) in [6.07, 6.45) is 2.44. The SMILES string of the molecule is O=S(=O)(/C=C/c1ccc(Cl)cc1)N1CCCNCC1. The van der Waals surface area contributed by atoms with Crippen LogP contribution in [0.3, 0.4) is 0 Å². The third kappa shape index (κ3) is 4.31. The minimum atomic E-state index is -3.34. The minimum absolute atomic E-state index is 0.521. The molecule has 1 aliphatic heterocycles. The molecule has 0 spiro atoms. The van der Waals surface area contributed by atoms with Crippen LogP contribution in [0.1, 0.15) is 12.0 Å². The molecule has 0 saturated carbocycles. The predicted octanol–water partition coefficient (Wildman–Crippen LogP) is 1.94. The molecule has 0 aromatic heterocycles. The van der Waals surface area contributed by atoms with Crippen molar-refractivity contribution in [2.45, 2.75) is 6.42 Å². The Kier molecular flexibility index (Phi) is 4.99. The van der Waals surface area contributed by atoms with Crippen LogP contribution in [0.25, 0.3) is 6.08 Å². The van der Waals surface area contributed by atoms with Crippen molar-refractivity contribution in [1.82, 2.24) is 9.62 Å². The number of nitrogens with one attached hydrogen (secondary N) is 1. The van der Waals surface area contributed by atoms with Crippen LogP contribution in [0, 0.1) is 0 Å². The van der Waals surface area contributed by atoms with E-state index in [4.69, 9.17) is 11.6 Å². The summed E-state index contributed by atoms with van der Waals surface area (Å²) in [6, 6.07) is 7.06. The van der Waals surface area contributed by atoms with Crippen LogP contribution in [-0.4, -0.2) is 38.9 Å². The Bertz CT molecular complexity index is 532. The molecule has 1 aliphatic rings. The molecule has 6 heteroatoms. The van der Waals surface area contributed by atoms with E-state index in [-0.39, 0.29) is 0 Å². The van der Waals surface area contributed by atoms with E-state index in [0.717, 1.165) is 18.5 Å². The van der Waals surface area contributed by atoms with Crippen molar-refractivity contribution < 1.29 is 8.42 Å². The highest BCUT2D eigenvalue weighted by Gasteiger charge is 2.19. The minimum Gasteiger partial charge on any atom is -0.315 e. The molecule has 1 fully saturated rings. The van der Waals surface area contributed by atoms with Gasteiger partial charge in [0.25, 0.3) is 0 Å². The summed E-state index contributed by atoms with van der Waals surface area (Å²) in [5.74, 6) is 0. The molecule has 0 radical (unpaired) electrons. The molecule has 1 aromatic rings. The highest BCUT2D eigenvalue weighted by atomic mass is 35.5. The molecule has 0 bridgehead atoms. The van der Waals surface area contributed by atoms with Crippen molar-refractivity contribution in [3.05, 3.63) is 40.3 Å². The maximum Gasteiger partial charge on any atom is 0.236 e. The van der Waals surface area contributed by atoms with Crippen LogP contribution in [-0.2, 0) is 10.0 Å². The number of rotatable bonds is 3. The molecule has 19 heavy (non-hydrogen) atoms. The summed E-state index contributed by atoms with van der Waals surface area (Å²) in [5.41, 5.74) is 0.820. The van der Waals surface area contributed by atoms with E-state index in [1.807, 2.05) is 0 Å². The number of halogens is 1. The largest absolute Gasteiger partial charge is 0.315 e. The molecule has 1 aromatic carbocycles. The van der Waals surface area contributed by atoms with Crippen molar-refractivity contribution in [3.8, 4) is 0 Å². The lowest BCUT2D eigenvalue weighted by molar-refractivity contribution is 0.439. The molecule has 0 amide bonds. The third-order valence-electron chi connectivity index (χ3n) is 2.96. The van der Waals surface area contributed by atoms with Crippen molar-refractivity contribution >= 4 is 27.7 Å². The average Bonchev–Trinajstić information content (AvgIpc) is 2.67. The first-order chi connectivity index (χ1) is 9.08. The summed E-state index contributed by atoms with van der Waals surface area (Å²) >= 11 is 5.78. The molecule has 1 N–H and O–H groups in total. The maximum atomic E-state index is 12.2. The highest BCUT2D eigenvalue weighted by Crippen LogP contribution is 2.13. The number of benzene rings is 1. The van der Waals surface area contributed by atoms with Gasteiger partial charge in [0.15, 0.2) is 0 Å². The van der Waals surface area contributed by atoms with Gasteiger partial charge in [-0.05, 0) is 36.7 Å². The van der Waals surface area contributed by atoms with E-state index in [1.165, 1.54) is 9.71 Å². The number of sulfonamides is 1. The molecule has 2 rings (SSSR count). The Morgan fingerprint density at radius 1 is 1.16 bits per heavy atom. The van der Waals surface area contributed by atoms with Gasteiger partial charge in [-0.1, -0.05) is 23.7 Å². The standard InChI is InChI=1S/C13H17ClN2O2S/c14-13-4-2-12(3-5-13)6-11-19(17,18)16-9-1-7-15-8-10-16/h2-6,11,15H,1,7-10H2/b11-6+. The number of nitrogens with zero attached hydrogens (tertiary/aromatic N) is 1. The normalized spacial score (nSPS) is 18.6. The predicted molar refractivity (Wildman–Crippen MR) is 78.5 cm³/mol. The summed E-state index contributed by atoms with van der Waals surface area (Å²) in [5, 5.41) is 5.09. The zero-order valence-electron chi connectivity index (χ0n) is 10.5. The van der Waals surface area contributed by atoms with Crippen LogP contribution in [0.2, 0.25) is 5.02 Å². The van der Waals surface area contributed by atoms with E-state index in [0.29, 0.717) is 24.7 Å². The maximum absolute atomic E-state index is 12.2. The number of hydrogen-bond donors (Lipinski definition) is 1. The molecule has 104 valence electrons. The van der Waals surface area contributed by atoms with Crippen LogP contribution in [0.4, 0.5) is 0 Å². The molecular weight excluding hydrogens is 284 g/mol. The quantitative estimate of drug-likeness (QED) is 0.928. The topological polar surface area (TPSA) is 49.4 Å². The highest BCUT2D eigenvalue weighted by molar-refractivity contribution is 7.92. The van der Waals surface area contributed by atoms with Gasteiger partial charge in [0.05, 0.1) is 0 Å². The Hall–Kier alpha value is -0.880. The van der Waals surface area contributed by atoms with Crippen LogP contribution < -0.4 is 5.32 Å². The second kappa shape index (κ2) is 6.52. The summed E-state index contributed by atoms with van der Waals surface area (Å²) in [7, 11) is -3.34. The van der Waals surface area contributed by atoms with E-state index >= 15 is 0 Å². The Morgan fingerprint density at radius 2 is 1.89 bits per heavy atom. The van der Waals surface area contributed by atoms with Gasteiger partial charge >= 0.3 is 0 Å².